The van der Waals surface area contributed by atoms with E-state index in [1.54, 1.807) is 12.4 Å². The summed E-state index contributed by atoms with van der Waals surface area (Å²) in [4.78, 5) is 36.9. The zero-order chi connectivity index (χ0) is 19.3. The molecule has 2 aromatic rings. The Kier molecular flexibility index (Phi) is 5.36. The normalized spacial score (nSPS) is 19.9. The van der Waals surface area contributed by atoms with E-state index in [0.29, 0.717) is 31.0 Å². The molecule has 2 N–H and O–H groups in total. The summed E-state index contributed by atoms with van der Waals surface area (Å²) < 4.78 is 0. The average Bonchev–Trinajstić information content (AvgIpc) is 2.75. The van der Waals surface area contributed by atoms with Gasteiger partial charge in [-0.3, -0.25) is 9.59 Å². The Morgan fingerprint density at radius 2 is 1.71 bits per heavy atom. The molecule has 1 aromatic carbocycles. The Labute approximate surface area is 164 Å². The Morgan fingerprint density at radius 3 is 2.36 bits per heavy atom. The third kappa shape index (κ3) is 4.21. The standard InChI is InChI=1S/C20H24N6O2/c27-18-7-6-15(12-21-18)19(28)24-16-13-22-20(23-14-16)26-10-8-25(9-11-26)17-4-2-1-3-5-17/h1-5,13-15H,6-12H2,(H,21,27)(H,24,28). The van der Waals surface area contributed by atoms with Crippen LogP contribution in [-0.2, 0) is 9.59 Å². The Hall–Kier alpha value is -3.16. The van der Waals surface area contributed by atoms with Crippen LogP contribution in [0.4, 0.5) is 17.3 Å². The van der Waals surface area contributed by atoms with Gasteiger partial charge in [0, 0.05) is 44.8 Å². The predicted molar refractivity (Wildman–Crippen MR) is 107 cm³/mol. The van der Waals surface area contributed by atoms with Gasteiger partial charge in [0.1, 0.15) is 0 Å². The molecule has 2 saturated heterocycles. The van der Waals surface area contributed by atoms with E-state index in [1.165, 1.54) is 5.69 Å². The first kappa shape index (κ1) is 18.2. The summed E-state index contributed by atoms with van der Waals surface area (Å²) in [6.45, 7) is 3.92. The number of para-hydroxylation sites is 1. The summed E-state index contributed by atoms with van der Waals surface area (Å²) in [5.41, 5.74) is 1.81. The van der Waals surface area contributed by atoms with E-state index in [1.807, 2.05) is 6.07 Å². The molecule has 8 nitrogen and oxygen atoms in total. The number of nitrogens with zero attached hydrogens (tertiary/aromatic N) is 4. The maximum atomic E-state index is 12.3. The second kappa shape index (κ2) is 8.24. The lowest BCUT2D eigenvalue weighted by Crippen LogP contribution is -2.47. The smallest absolute Gasteiger partial charge is 0.229 e. The average molecular weight is 380 g/mol. The van der Waals surface area contributed by atoms with Crippen LogP contribution in [0.5, 0.6) is 0 Å². The fourth-order valence-electron chi connectivity index (χ4n) is 3.55. The molecule has 1 unspecified atom stereocenters. The van der Waals surface area contributed by atoms with Gasteiger partial charge >= 0.3 is 0 Å². The van der Waals surface area contributed by atoms with Gasteiger partial charge in [-0.15, -0.1) is 0 Å². The third-order valence-electron chi connectivity index (χ3n) is 5.23. The van der Waals surface area contributed by atoms with Gasteiger partial charge < -0.3 is 20.4 Å². The summed E-state index contributed by atoms with van der Waals surface area (Å²) in [7, 11) is 0. The van der Waals surface area contributed by atoms with Gasteiger partial charge in [0.05, 0.1) is 24.0 Å². The van der Waals surface area contributed by atoms with Gasteiger partial charge in [0.15, 0.2) is 0 Å². The number of piperazine rings is 1. The molecule has 2 fully saturated rings. The van der Waals surface area contributed by atoms with Crippen LogP contribution in [0.25, 0.3) is 0 Å². The van der Waals surface area contributed by atoms with Crippen LogP contribution in [0.3, 0.4) is 0 Å². The fourth-order valence-corrected chi connectivity index (χ4v) is 3.55. The first-order valence-corrected chi connectivity index (χ1v) is 9.63. The first-order chi connectivity index (χ1) is 13.7. The molecule has 4 rings (SSSR count). The lowest BCUT2D eigenvalue weighted by molar-refractivity contribution is -0.126. The molecule has 2 aliphatic heterocycles. The molecule has 146 valence electrons. The molecule has 0 bridgehead atoms. The Morgan fingerprint density at radius 1 is 1.04 bits per heavy atom. The summed E-state index contributed by atoms with van der Waals surface area (Å²) in [5, 5.41) is 5.57. The topological polar surface area (TPSA) is 90.5 Å². The van der Waals surface area contributed by atoms with Crippen molar-refractivity contribution in [1.29, 1.82) is 0 Å². The lowest BCUT2D eigenvalue weighted by Gasteiger charge is -2.36. The van der Waals surface area contributed by atoms with E-state index in [4.69, 9.17) is 0 Å². The molecule has 3 heterocycles. The van der Waals surface area contributed by atoms with Crippen molar-refractivity contribution in [2.75, 3.05) is 47.8 Å². The van der Waals surface area contributed by atoms with E-state index in [-0.39, 0.29) is 17.7 Å². The predicted octanol–water partition coefficient (Wildman–Crippen LogP) is 1.27. The summed E-state index contributed by atoms with van der Waals surface area (Å²) >= 11 is 0. The first-order valence-electron chi connectivity index (χ1n) is 9.63. The number of hydrogen-bond donors (Lipinski definition) is 2. The van der Waals surface area contributed by atoms with Gasteiger partial charge in [-0.2, -0.15) is 0 Å². The monoisotopic (exact) mass is 380 g/mol. The van der Waals surface area contributed by atoms with Crippen LogP contribution in [-0.4, -0.2) is 54.5 Å². The van der Waals surface area contributed by atoms with Crippen molar-refractivity contribution < 1.29 is 9.59 Å². The van der Waals surface area contributed by atoms with Crippen LogP contribution in [0.15, 0.2) is 42.7 Å². The highest BCUT2D eigenvalue weighted by molar-refractivity contribution is 5.93. The number of carbonyl (C=O) groups excluding carboxylic acids is 2. The maximum Gasteiger partial charge on any atom is 0.229 e. The molecular formula is C20H24N6O2. The second-order valence-corrected chi connectivity index (χ2v) is 7.11. The van der Waals surface area contributed by atoms with E-state index in [2.05, 4.69) is 54.7 Å². The molecule has 28 heavy (non-hydrogen) atoms. The molecular weight excluding hydrogens is 356 g/mol. The zero-order valence-corrected chi connectivity index (χ0v) is 15.7. The van der Waals surface area contributed by atoms with E-state index >= 15 is 0 Å². The van der Waals surface area contributed by atoms with Crippen molar-refractivity contribution in [3.63, 3.8) is 0 Å². The second-order valence-electron chi connectivity index (χ2n) is 7.11. The van der Waals surface area contributed by atoms with Crippen molar-refractivity contribution in [2.45, 2.75) is 12.8 Å². The number of anilines is 3. The van der Waals surface area contributed by atoms with Gasteiger partial charge in [-0.1, -0.05) is 18.2 Å². The largest absolute Gasteiger partial charge is 0.368 e. The highest BCUT2D eigenvalue weighted by Gasteiger charge is 2.25. The quantitative estimate of drug-likeness (QED) is 0.830. The number of piperidine rings is 1. The number of amides is 2. The molecule has 8 heteroatoms. The molecule has 0 aliphatic carbocycles. The molecule has 2 amide bonds. The maximum absolute atomic E-state index is 12.3. The number of nitrogens with one attached hydrogen (secondary N) is 2. The van der Waals surface area contributed by atoms with Crippen LogP contribution in [0.1, 0.15) is 12.8 Å². The van der Waals surface area contributed by atoms with Crippen LogP contribution >= 0.6 is 0 Å². The van der Waals surface area contributed by atoms with Crippen LogP contribution in [0, 0.1) is 5.92 Å². The van der Waals surface area contributed by atoms with Gasteiger partial charge in [-0.05, 0) is 18.6 Å². The number of hydrogen-bond acceptors (Lipinski definition) is 6. The number of carbonyl (C=O) groups is 2. The fraction of sp³-hybridized carbons (Fsp3) is 0.400. The molecule has 0 saturated carbocycles. The number of aromatic nitrogens is 2. The minimum Gasteiger partial charge on any atom is -0.368 e. The SMILES string of the molecule is O=C1CCC(C(=O)Nc2cnc(N3CCN(c4ccccc4)CC3)nc2)CN1. The van der Waals surface area contributed by atoms with Crippen molar-refractivity contribution in [1.82, 2.24) is 15.3 Å². The Bertz CT molecular complexity index is 808. The molecule has 2 aliphatic rings. The third-order valence-corrected chi connectivity index (χ3v) is 5.23. The zero-order valence-electron chi connectivity index (χ0n) is 15.7. The Balaban J connectivity index is 1.30. The molecule has 1 atom stereocenters. The van der Waals surface area contributed by atoms with Gasteiger partial charge in [0.25, 0.3) is 0 Å². The molecule has 0 radical (unpaired) electrons. The highest BCUT2D eigenvalue weighted by Crippen LogP contribution is 2.19. The summed E-state index contributed by atoms with van der Waals surface area (Å²) in [6, 6.07) is 10.4. The number of benzene rings is 1. The van der Waals surface area contributed by atoms with Crippen molar-refractivity contribution in [3.8, 4) is 0 Å². The van der Waals surface area contributed by atoms with E-state index in [9.17, 15) is 9.59 Å². The highest BCUT2D eigenvalue weighted by atomic mass is 16.2. The van der Waals surface area contributed by atoms with Crippen LogP contribution in [0.2, 0.25) is 0 Å². The molecule has 1 aromatic heterocycles. The van der Waals surface area contributed by atoms with Crippen molar-refractivity contribution in [3.05, 3.63) is 42.7 Å². The summed E-state index contributed by atoms with van der Waals surface area (Å²) in [6.07, 6.45) is 4.25. The van der Waals surface area contributed by atoms with Crippen molar-refractivity contribution in [2.24, 2.45) is 5.92 Å². The van der Waals surface area contributed by atoms with E-state index in [0.717, 1.165) is 26.2 Å². The van der Waals surface area contributed by atoms with Gasteiger partial charge in [-0.25, -0.2) is 9.97 Å². The minimum absolute atomic E-state index is 0.00379. The van der Waals surface area contributed by atoms with Crippen molar-refractivity contribution >= 4 is 29.1 Å². The number of rotatable bonds is 4. The summed E-state index contributed by atoms with van der Waals surface area (Å²) in [5.74, 6) is 0.371. The van der Waals surface area contributed by atoms with Gasteiger partial charge in [0.2, 0.25) is 17.8 Å². The minimum atomic E-state index is -0.205. The van der Waals surface area contributed by atoms with E-state index < -0.39 is 0 Å². The van der Waals surface area contributed by atoms with Crippen LogP contribution < -0.4 is 20.4 Å². The lowest BCUT2D eigenvalue weighted by atomic mass is 9.98. The molecule has 0 spiro atoms.